The number of anilines is 1. The zero-order chi connectivity index (χ0) is 16.2. The highest BCUT2D eigenvalue weighted by Crippen LogP contribution is 2.32. The maximum atomic E-state index is 12.0. The van der Waals surface area contributed by atoms with E-state index in [1.165, 1.54) is 12.1 Å². The molecule has 0 aliphatic heterocycles. The standard InChI is InChI=1S/C14H20Cl3N3O/c1-14(2,7-18)8-20(3)6-13(21)19-12-5-10(16)9(15)4-11(12)17/h4-5H,6-8,18H2,1-3H3,(H,19,21). The maximum absolute atomic E-state index is 12.0. The number of benzene rings is 1. The Morgan fingerprint density at radius 3 is 2.38 bits per heavy atom. The molecule has 3 N–H and O–H groups in total. The molecule has 1 aromatic carbocycles. The van der Waals surface area contributed by atoms with Crippen molar-refractivity contribution in [1.29, 1.82) is 0 Å². The topological polar surface area (TPSA) is 58.4 Å². The Bertz CT molecular complexity index is 520. The zero-order valence-electron chi connectivity index (χ0n) is 12.3. The van der Waals surface area contributed by atoms with Crippen LogP contribution in [0, 0.1) is 5.41 Å². The van der Waals surface area contributed by atoms with Crippen molar-refractivity contribution >= 4 is 46.4 Å². The number of halogens is 3. The Balaban J connectivity index is 2.64. The minimum absolute atomic E-state index is 0.0454. The van der Waals surface area contributed by atoms with E-state index in [2.05, 4.69) is 19.2 Å². The Kier molecular flexibility index (Phi) is 6.75. The van der Waals surface area contributed by atoms with Crippen LogP contribution in [-0.2, 0) is 4.79 Å². The summed E-state index contributed by atoms with van der Waals surface area (Å²) in [7, 11) is 1.87. The number of nitrogens with two attached hydrogens (primary N) is 1. The number of nitrogens with one attached hydrogen (secondary N) is 1. The van der Waals surface area contributed by atoms with E-state index in [0.29, 0.717) is 33.8 Å². The third-order valence-electron chi connectivity index (χ3n) is 2.95. The number of carbonyl (C=O) groups is 1. The first-order chi connectivity index (χ1) is 9.64. The third-order valence-corrected chi connectivity index (χ3v) is 3.98. The van der Waals surface area contributed by atoms with Gasteiger partial charge in [-0.2, -0.15) is 0 Å². The van der Waals surface area contributed by atoms with Gasteiger partial charge in [0.2, 0.25) is 5.91 Å². The molecule has 21 heavy (non-hydrogen) atoms. The third kappa shape index (κ3) is 6.01. The molecule has 0 spiro atoms. The molecular weight excluding hydrogens is 333 g/mol. The molecule has 0 radical (unpaired) electrons. The number of hydrogen-bond donors (Lipinski definition) is 2. The fraction of sp³-hybridized carbons (Fsp3) is 0.500. The van der Waals surface area contributed by atoms with Crippen molar-refractivity contribution < 1.29 is 4.79 Å². The molecule has 0 saturated carbocycles. The van der Waals surface area contributed by atoms with E-state index in [1.54, 1.807) is 0 Å². The second kappa shape index (κ2) is 7.65. The average Bonchev–Trinajstić information content (AvgIpc) is 2.35. The normalized spacial score (nSPS) is 11.8. The van der Waals surface area contributed by atoms with Gasteiger partial charge in [-0.3, -0.25) is 9.69 Å². The fourth-order valence-electron chi connectivity index (χ4n) is 1.90. The van der Waals surface area contributed by atoms with E-state index in [-0.39, 0.29) is 17.9 Å². The summed E-state index contributed by atoms with van der Waals surface area (Å²) in [5, 5.41) is 3.77. The maximum Gasteiger partial charge on any atom is 0.238 e. The van der Waals surface area contributed by atoms with Crippen LogP contribution in [-0.4, -0.2) is 37.5 Å². The quantitative estimate of drug-likeness (QED) is 0.770. The minimum atomic E-state index is -0.175. The SMILES string of the molecule is CN(CC(=O)Nc1cc(Cl)c(Cl)cc1Cl)CC(C)(C)CN. The Hall–Kier alpha value is -0.520. The van der Waals surface area contributed by atoms with Gasteiger partial charge in [-0.1, -0.05) is 48.7 Å². The van der Waals surface area contributed by atoms with Crippen LogP contribution < -0.4 is 11.1 Å². The van der Waals surface area contributed by atoms with Crippen LogP contribution in [0.1, 0.15) is 13.8 Å². The van der Waals surface area contributed by atoms with Crippen molar-refractivity contribution in [2.24, 2.45) is 11.1 Å². The monoisotopic (exact) mass is 351 g/mol. The highest BCUT2D eigenvalue weighted by Gasteiger charge is 2.19. The van der Waals surface area contributed by atoms with Crippen molar-refractivity contribution in [3.63, 3.8) is 0 Å². The van der Waals surface area contributed by atoms with Gasteiger partial charge in [0.05, 0.1) is 27.3 Å². The van der Waals surface area contributed by atoms with Crippen LogP contribution in [0.2, 0.25) is 15.1 Å². The summed E-state index contributed by atoms with van der Waals surface area (Å²) in [6.45, 7) is 5.61. The Morgan fingerprint density at radius 2 is 1.81 bits per heavy atom. The Labute approximate surface area is 140 Å². The van der Waals surface area contributed by atoms with E-state index in [9.17, 15) is 4.79 Å². The van der Waals surface area contributed by atoms with E-state index in [1.807, 2.05) is 11.9 Å². The van der Waals surface area contributed by atoms with E-state index < -0.39 is 0 Å². The largest absolute Gasteiger partial charge is 0.330 e. The molecule has 0 heterocycles. The van der Waals surface area contributed by atoms with Gasteiger partial charge in [-0.05, 0) is 31.1 Å². The second-order valence-corrected chi connectivity index (χ2v) is 7.06. The molecule has 7 heteroatoms. The van der Waals surface area contributed by atoms with Crippen molar-refractivity contribution in [1.82, 2.24) is 4.90 Å². The van der Waals surface area contributed by atoms with Crippen molar-refractivity contribution in [2.45, 2.75) is 13.8 Å². The predicted octanol–water partition coefficient (Wildman–Crippen LogP) is 3.50. The highest BCUT2D eigenvalue weighted by atomic mass is 35.5. The van der Waals surface area contributed by atoms with E-state index in [4.69, 9.17) is 40.5 Å². The summed E-state index contributed by atoms with van der Waals surface area (Å²) in [5.74, 6) is -0.175. The summed E-state index contributed by atoms with van der Waals surface area (Å²) < 4.78 is 0. The molecule has 0 bridgehead atoms. The lowest BCUT2D eigenvalue weighted by atomic mass is 9.93. The molecule has 1 amide bonds. The lowest BCUT2D eigenvalue weighted by Gasteiger charge is -2.28. The van der Waals surface area contributed by atoms with Gasteiger partial charge in [-0.15, -0.1) is 0 Å². The van der Waals surface area contributed by atoms with Gasteiger partial charge in [0, 0.05) is 6.54 Å². The molecule has 4 nitrogen and oxygen atoms in total. The van der Waals surface area contributed by atoms with Gasteiger partial charge in [-0.25, -0.2) is 0 Å². The first kappa shape index (κ1) is 18.5. The molecular formula is C14H20Cl3N3O. The van der Waals surface area contributed by atoms with Crippen molar-refractivity contribution in [2.75, 3.05) is 32.0 Å². The molecule has 0 aromatic heterocycles. The number of amides is 1. The Morgan fingerprint density at radius 1 is 1.24 bits per heavy atom. The zero-order valence-corrected chi connectivity index (χ0v) is 14.6. The van der Waals surface area contributed by atoms with Crippen molar-refractivity contribution in [3.05, 3.63) is 27.2 Å². The fourth-order valence-corrected chi connectivity index (χ4v) is 2.50. The van der Waals surface area contributed by atoms with Gasteiger partial charge < -0.3 is 11.1 Å². The molecule has 0 atom stereocenters. The second-order valence-electron chi connectivity index (χ2n) is 5.83. The molecule has 118 valence electrons. The molecule has 0 aliphatic carbocycles. The van der Waals surface area contributed by atoms with E-state index in [0.717, 1.165) is 0 Å². The molecule has 0 unspecified atom stereocenters. The van der Waals surface area contributed by atoms with Crippen LogP contribution in [0.25, 0.3) is 0 Å². The summed E-state index contributed by atoms with van der Waals surface area (Å²) in [4.78, 5) is 13.9. The van der Waals surface area contributed by atoms with Crippen molar-refractivity contribution in [3.8, 4) is 0 Å². The molecule has 0 aliphatic rings. The summed E-state index contributed by atoms with van der Waals surface area (Å²) >= 11 is 17.8. The summed E-state index contributed by atoms with van der Waals surface area (Å²) in [6, 6.07) is 3.04. The smallest absolute Gasteiger partial charge is 0.238 e. The first-order valence-corrected chi connectivity index (χ1v) is 7.61. The van der Waals surface area contributed by atoms with Crippen LogP contribution in [0.15, 0.2) is 12.1 Å². The van der Waals surface area contributed by atoms with Gasteiger partial charge in [0.1, 0.15) is 0 Å². The number of nitrogens with zero attached hydrogens (tertiary/aromatic N) is 1. The van der Waals surface area contributed by atoms with Gasteiger partial charge >= 0.3 is 0 Å². The predicted molar refractivity (Wildman–Crippen MR) is 90.4 cm³/mol. The van der Waals surface area contributed by atoms with E-state index >= 15 is 0 Å². The van der Waals surface area contributed by atoms with Crippen LogP contribution in [0.3, 0.4) is 0 Å². The molecule has 0 fully saturated rings. The summed E-state index contributed by atoms with van der Waals surface area (Å²) in [5.41, 5.74) is 6.09. The first-order valence-electron chi connectivity index (χ1n) is 6.47. The number of rotatable bonds is 6. The molecule has 1 rings (SSSR count). The number of carbonyl (C=O) groups excluding carboxylic acids is 1. The molecule has 0 saturated heterocycles. The lowest BCUT2D eigenvalue weighted by molar-refractivity contribution is -0.117. The lowest BCUT2D eigenvalue weighted by Crippen LogP contribution is -2.40. The number of hydrogen-bond acceptors (Lipinski definition) is 3. The van der Waals surface area contributed by atoms with Gasteiger partial charge in [0.25, 0.3) is 0 Å². The van der Waals surface area contributed by atoms with Crippen LogP contribution >= 0.6 is 34.8 Å². The summed E-state index contributed by atoms with van der Waals surface area (Å²) in [6.07, 6.45) is 0. The van der Waals surface area contributed by atoms with Gasteiger partial charge in [0.15, 0.2) is 0 Å². The van der Waals surface area contributed by atoms with Crippen LogP contribution in [0.4, 0.5) is 5.69 Å². The highest BCUT2D eigenvalue weighted by molar-refractivity contribution is 6.44. The molecule has 1 aromatic rings. The number of likely N-dealkylation sites (N-methyl/N-ethyl adjacent to an activating group) is 1. The minimum Gasteiger partial charge on any atom is -0.330 e. The van der Waals surface area contributed by atoms with Crippen LogP contribution in [0.5, 0.6) is 0 Å². The average molecular weight is 353 g/mol.